The van der Waals surface area contributed by atoms with Gasteiger partial charge in [0, 0.05) is 11.1 Å². The molecule has 3 aromatic rings. The van der Waals surface area contributed by atoms with E-state index in [-0.39, 0.29) is 18.1 Å². The van der Waals surface area contributed by atoms with Gasteiger partial charge in [-0.1, -0.05) is 53.5 Å². The number of carbonyl (C=O) groups excluding carboxylic acids is 1. The molecule has 0 radical (unpaired) electrons. The number of hydrogen-bond acceptors (Lipinski definition) is 4. The van der Waals surface area contributed by atoms with Gasteiger partial charge < -0.3 is 14.6 Å². The van der Waals surface area contributed by atoms with E-state index in [0.29, 0.717) is 27.1 Å². The minimum atomic E-state index is -0.211. The molecule has 0 saturated carbocycles. The number of carbonyl (C=O) groups is 1. The molecule has 0 atom stereocenters. The van der Waals surface area contributed by atoms with Crippen molar-refractivity contribution in [3.63, 3.8) is 0 Å². The molecule has 4 nitrogen and oxygen atoms in total. The van der Waals surface area contributed by atoms with E-state index in [4.69, 9.17) is 32.7 Å². The summed E-state index contributed by atoms with van der Waals surface area (Å²) in [6, 6.07) is 16.8. The molecule has 0 heterocycles. The number of aromatic hydroxyl groups is 1. The molecule has 0 aliphatic heterocycles. The molecule has 1 N–H and O–H groups in total. The molecule has 0 aliphatic rings. The first-order chi connectivity index (χ1) is 14.0. The zero-order valence-corrected chi connectivity index (χ0v) is 17.1. The molecule has 0 aliphatic carbocycles. The lowest BCUT2D eigenvalue weighted by Gasteiger charge is -2.13. The van der Waals surface area contributed by atoms with Crippen molar-refractivity contribution >= 4 is 35.1 Å². The highest BCUT2D eigenvalue weighted by Crippen LogP contribution is 2.33. The van der Waals surface area contributed by atoms with Crippen molar-refractivity contribution in [1.29, 1.82) is 0 Å². The number of rotatable bonds is 7. The van der Waals surface area contributed by atoms with Crippen molar-refractivity contribution in [2.45, 2.75) is 6.61 Å². The van der Waals surface area contributed by atoms with E-state index in [0.717, 1.165) is 11.1 Å². The van der Waals surface area contributed by atoms with Crippen molar-refractivity contribution < 1.29 is 19.4 Å². The van der Waals surface area contributed by atoms with Gasteiger partial charge in [-0.3, -0.25) is 4.79 Å². The number of methoxy groups -OCH3 is 1. The average molecular weight is 429 g/mol. The number of allylic oxidation sites excluding steroid dienone is 1. The van der Waals surface area contributed by atoms with Crippen LogP contribution in [-0.2, 0) is 6.61 Å². The summed E-state index contributed by atoms with van der Waals surface area (Å²) in [5.41, 5.74) is 1.98. The van der Waals surface area contributed by atoms with Crippen LogP contribution in [0.25, 0.3) is 6.08 Å². The van der Waals surface area contributed by atoms with Crippen LogP contribution in [0.3, 0.4) is 0 Å². The Hall–Kier alpha value is -2.95. The maximum Gasteiger partial charge on any atom is 0.185 e. The van der Waals surface area contributed by atoms with Crippen LogP contribution in [0.4, 0.5) is 0 Å². The Morgan fingerprint density at radius 3 is 2.45 bits per heavy atom. The second-order valence-corrected chi connectivity index (χ2v) is 6.97. The van der Waals surface area contributed by atoms with Crippen molar-refractivity contribution in [1.82, 2.24) is 0 Å². The first-order valence-electron chi connectivity index (χ1n) is 8.73. The van der Waals surface area contributed by atoms with Crippen LogP contribution in [0, 0.1) is 0 Å². The highest BCUT2D eigenvalue weighted by molar-refractivity contribution is 6.37. The quantitative estimate of drug-likeness (QED) is 0.360. The fraction of sp³-hybridized carbons (Fsp3) is 0.0870. The maximum atomic E-state index is 12.3. The van der Waals surface area contributed by atoms with Crippen LogP contribution >= 0.6 is 23.2 Å². The predicted molar refractivity (Wildman–Crippen MR) is 115 cm³/mol. The summed E-state index contributed by atoms with van der Waals surface area (Å²) in [6.07, 6.45) is 3.14. The second-order valence-electron chi connectivity index (χ2n) is 6.16. The van der Waals surface area contributed by atoms with Gasteiger partial charge in [0.05, 0.1) is 17.2 Å². The molecule has 0 fully saturated rings. The van der Waals surface area contributed by atoms with Crippen molar-refractivity contribution in [3.8, 4) is 17.2 Å². The van der Waals surface area contributed by atoms with E-state index in [1.807, 2.05) is 12.1 Å². The molecule has 3 aromatic carbocycles. The smallest absolute Gasteiger partial charge is 0.185 e. The Bertz CT molecular complexity index is 1040. The van der Waals surface area contributed by atoms with Gasteiger partial charge in [-0.25, -0.2) is 0 Å². The molecule has 6 heteroatoms. The Morgan fingerprint density at radius 2 is 1.76 bits per heavy atom. The van der Waals surface area contributed by atoms with Gasteiger partial charge in [0.15, 0.2) is 11.5 Å². The van der Waals surface area contributed by atoms with Crippen LogP contribution in [0.5, 0.6) is 17.2 Å². The minimum absolute atomic E-state index is 0.0476. The standard InChI is InChI=1S/C23H18Cl2O4/c1-28-22-11-9-15(8-10-21(27)16-4-2-5-18(26)13-16)12-17(22)14-29-23-19(24)6-3-7-20(23)25/h2-13,26H,14H2,1H3/b10-8+. The van der Waals surface area contributed by atoms with E-state index in [9.17, 15) is 9.90 Å². The molecular formula is C23H18Cl2O4. The Morgan fingerprint density at radius 1 is 1.03 bits per heavy atom. The van der Waals surface area contributed by atoms with Gasteiger partial charge >= 0.3 is 0 Å². The monoisotopic (exact) mass is 428 g/mol. The molecule has 0 amide bonds. The van der Waals surface area contributed by atoms with Crippen LogP contribution < -0.4 is 9.47 Å². The summed E-state index contributed by atoms with van der Waals surface area (Å²) in [5.74, 6) is 0.881. The highest BCUT2D eigenvalue weighted by atomic mass is 35.5. The van der Waals surface area contributed by atoms with E-state index in [1.165, 1.54) is 18.2 Å². The summed E-state index contributed by atoms with van der Waals surface area (Å²) in [7, 11) is 1.57. The van der Waals surface area contributed by atoms with E-state index in [2.05, 4.69) is 0 Å². The number of phenols is 1. The summed E-state index contributed by atoms with van der Waals surface area (Å²) < 4.78 is 11.2. The van der Waals surface area contributed by atoms with Gasteiger partial charge in [-0.2, -0.15) is 0 Å². The minimum Gasteiger partial charge on any atom is -0.508 e. The third kappa shape index (κ3) is 5.31. The number of phenolic OH excluding ortho intramolecular Hbond substituents is 1. The average Bonchev–Trinajstić information content (AvgIpc) is 2.71. The Kier molecular flexibility index (Phi) is 6.81. The lowest BCUT2D eigenvalue weighted by Crippen LogP contribution is -2.00. The summed E-state index contributed by atoms with van der Waals surface area (Å²) in [4.78, 5) is 12.3. The molecule has 0 unspecified atom stereocenters. The van der Waals surface area contributed by atoms with Gasteiger partial charge in [-0.05, 0) is 48.0 Å². The van der Waals surface area contributed by atoms with Crippen molar-refractivity contribution in [3.05, 3.63) is 93.5 Å². The molecule has 148 valence electrons. The zero-order valence-electron chi connectivity index (χ0n) is 15.6. The summed E-state index contributed by atoms with van der Waals surface area (Å²) in [6.45, 7) is 0.189. The molecule has 0 bridgehead atoms. The first kappa shape index (κ1) is 20.8. The number of benzene rings is 3. The van der Waals surface area contributed by atoms with Gasteiger partial charge in [-0.15, -0.1) is 0 Å². The van der Waals surface area contributed by atoms with E-state index >= 15 is 0 Å². The van der Waals surface area contributed by atoms with Gasteiger partial charge in [0.25, 0.3) is 0 Å². The molecule has 0 aromatic heterocycles. The number of ether oxygens (including phenoxy) is 2. The van der Waals surface area contributed by atoms with Crippen LogP contribution in [-0.4, -0.2) is 18.0 Å². The normalized spacial score (nSPS) is 10.9. The molecule has 0 saturated heterocycles. The Labute approximate surface area is 178 Å². The Balaban J connectivity index is 1.79. The molecular weight excluding hydrogens is 411 g/mol. The number of para-hydroxylation sites is 1. The predicted octanol–water partition coefficient (Wildman–Crippen LogP) is 6.18. The fourth-order valence-corrected chi connectivity index (χ4v) is 3.22. The highest BCUT2D eigenvalue weighted by Gasteiger charge is 2.10. The first-order valence-corrected chi connectivity index (χ1v) is 9.48. The van der Waals surface area contributed by atoms with Crippen molar-refractivity contribution in [2.24, 2.45) is 0 Å². The third-order valence-electron chi connectivity index (χ3n) is 4.15. The largest absolute Gasteiger partial charge is 0.508 e. The topological polar surface area (TPSA) is 55.8 Å². The molecule has 3 rings (SSSR count). The fourth-order valence-electron chi connectivity index (χ4n) is 2.71. The van der Waals surface area contributed by atoms with Crippen LogP contribution in [0.1, 0.15) is 21.5 Å². The SMILES string of the molecule is COc1ccc(/C=C/C(=O)c2cccc(O)c2)cc1COc1c(Cl)cccc1Cl. The maximum absolute atomic E-state index is 12.3. The lowest BCUT2D eigenvalue weighted by atomic mass is 10.1. The van der Waals surface area contributed by atoms with Crippen molar-refractivity contribution in [2.75, 3.05) is 7.11 Å². The third-order valence-corrected chi connectivity index (χ3v) is 4.75. The summed E-state index contributed by atoms with van der Waals surface area (Å²) >= 11 is 12.3. The van der Waals surface area contributed by atoms with Gasteiger partial charge in [0.1, 0.15) is 18.1 Å². The van der Waals surface area contributed by atoms with Gasteiger partial charge in [0.2, 0.25) is 0 Å². The van der Waals surface area contributed by atoms with E-state index < -0.39 is 0 Å². The number of halogens is 2. The van der Waals surface area contributed by atoms with Crippen LogP contribution in [0.15, 0.2) is 66.7 Å². The second kappa shape index (κ2) is 9.50. The lowest BCUT2D eigenvalue weighted by molar-refractivity contribution is 0.104. The van der Waals surface area contributed by atoms with E-state index in [1.54, 1.807) is 49.6 Å². The molecule has 0 spiro atoms. The number of ketones is 1. The summed E-state index contributed by atoms with van der Waals surface area (Å²) in [5, 5.41) is 10.4. The zero-order chi connectivity index (χ0) is 20.8. The van der Waals surface area contributed by atoms with Crippen LogP contribution in [0.2, 0.25) is 10.0 Å². The molecule has 29 heavy (non-hydrogen) atoms. The number of hydrogen-bond donors (Lipinski definition) is 1.